The van der Waals surface area contributed by atoms with Gasteiger partial charge < -0.3 is 5.11 Å². The third kappa shape index (κ3) is 5.11. The van der Waals surface area contributed by atoms with Crippen molar-refractivity contribution in [1.82, 2.24) is 4.72 Å². The quantitative estimate of drug-likeness (QED) is 0.385. The fourth-order valence-corrected chi connectivity index (χ4v) is 0.199. The van der Waals surface area contributed by atoms with Crippen LogP contribution in [0.1, 0.15) is 0 Å². The highest BCUT2D eigenvalue weighted by atomic mass is 32.2. The van der Waals surface area contributed by atoms with E-state index >= 15 is 0 Å². The van der Waals surface area contributed by atoms with Crippen molar-refractivity contribution in [2.45, 2.75) is 0 Å². The van der Waals surface area contributed by atoms with Crippen LogP contribution in [-0.2, 0) is 0 Å². The summed E-state index contributed by atoms with van der Waals surface area (Å²) in [4.78, 5) is 9.48. The number of carbonyl (C=O) groups is 1. The summed E-state index contributed by atoms with van der Waals surface area (Å²) in [5.74, 6) is 0. The predicted octanol–water partition coefficient (Wildman–Crippen LogP) is 0.383. The van der Waals surface area contributed by atoms with Crippen molar-refractivity contribution in [3.05, 3.63) is 0 Å². The number of nitrogens with zero attached hydrogens (tertiary/aromatic N) is 1. The van der Waals surface area contributed by atoms with E-state index in [1.165, 1.54) is 5.40 Å². The van der Waals surface area contributed by atoms with E-state index < -0.39 is 6.09 Å². The molecule has 0 atom stereocenters. The molecule has 0 saturated carbocycles. The van der Waals surface area contributed by atoms with Crippen LogP contribution in [-0.4, -0.2) is 11.2 Å². The molecule has 0 aliphatic rings. The van der Waals surface area contributed by atoms with Gasteiger partial charge in [-0.3, -0.25) is 4.72 Å². The Morgan fingerprint density at radius 2 is 2.57 bits per heavy atom. The molecule has 2 N–H and O–H groups in total. The average molecular weight is 118 g/mol. The SMILES string of the molecule is N#CSNC(=O)O. The number of carboxylic acid groups (broad SMARTS) is 1. The molecule has 0 saturated heterocycles. The molecule has 5 heteroatoms. The second-order valence-corrected chi connectivity index (χ2v) is 1.19. The highest BCUT2D eigenvalue weighted by molar-refractivity contribution is 8.02. The van der Waals surface area contributed by atoms with Crippen LogP contribution in [0, 0.1) is 10.7 Å². The monoisotopic (exact) mass is 118 g/mol. The summed E-state index contributed by atoms with van der Waals surface area (Å²) >= 11 is 0.472. The van der Waals surface area contributed by atoms with E-state index in [1.54, 1.807) is 4.72 Å². The van der Waals surface area contributed by atoms with Crippen molar-refractivity contribution >= 4 is 18.0 Å². The maximum atomic E-state index is 9.48. The lowest BCUT2D eigenvalue weighted by Gasteiger charge is -1.83. The molecule has 0 spiro atoms. The molecule has 0 radical (unpaired) electrons. The zero-order chi connectivity index (χ0) is 5.70. The molecule has 0 unspecified atom stereocenters. The number of amides is 1. The number of rotatable bonds is 1. The van der Waals surface area contributed by atoms with Gasteiger partial charge >= 0.3 is 6.09 Å². The Kier molecular flexibility index (Phi) is 2.89. The number of nitrogens with one attached hydrogen (secondary N) is 1. The normalized spacial score (nSPS) is 6.71. The minimum atomic E-state index is -1.20. The van der Waals surface area contributed by atoms with E-state index in [-0.39, 0.29) is 0 Å². The molecular formula is C2H2N2O2S. The summed E-state index contributed by atoms with van der Waals surface area (Å²) < 4.78 is 1.77. The minimum absolute atomic E-state index is 0.472. The molecule has 4 nitrogen and oxygen atoms in total. The van der Waals surface area contributed by atoms with E-state index in [2.05, 4.69) is 0 Å². The van der Waals surface area contributed by atoms with E-state index in [0.29, 0.717) is 11.9 Å². The van der Waals surface area contributed by atoms with Crippen LogP contribution in [0.2, 0.25) is 0 Å². The predicted molar refractivity (Wildman–Crippen MR) is 24.4 cm³/mol. The van der Waals surface area contributed by atoms with Gasteiger partial charge in [0.1, 0.15) is 0 Å². The van der Waals surface area contributed by atoms with Gasteiger partial charge in [-0.15, -0.1) is 0 Å². The third-order valence-corrected chi connectivity index (χ3v) is 0.552. The fourth-order valence-electron chi connectivity index (χ4n) is 0.0665. The van der Waals surface area contributed by atoms with Gasteiger partial charge in [-0.2, -0.15) is 5.26 Å². The van der Waals surface area contributed by atoms with Crippen LogP contribution >= 0.6 is 11.9 Å². The van der Waals surface area contributed by atoms with Crippen LogP contribution in [0.25, 0.3) is 0 Å². The first-order valence-corrected chi connectivity index (χ1v) is 2.13. The van der Waals surface area contributed by atoms with Crippen LogP contribution in [0.15, 0.2) is 0 Å². The highest BCUT2D eigenvalue weighted by Gasteiger charge is 1.88. The van der Waals surface area contributed by atoms with Gasteiger partial charge in [-0.1, -0.05) is 0 Å². The molecule has 0 bridgehead atoms. The van der Waals surface area contributed by atoms with Crippen molar-refractivity contribution in [3.63, 3.8) is 0 Å². The molecule has 0 aromatic heterocycles. The van der Waals surface area contributed by atoms with Crippen LogP contribution in [0.3, 0.4) is 0 Å². The first-order chi connectivity index (χ1) is 3.27. The second-order valence-electron chi connectivity index (χ2n) is 0.601. The number of nitriles is 1. The Hall–Kier alpha value is -0.890. The summed E-state index contributed by atoms with van der Waals surface area (Å²) in [6.07, 6.45) is -1.20. The maximum Gasteiger partial charge on any atom is 0.415 e. The van der Waals surface area contributed by atoms with Gasteiger partial charge in [0.2, 0.25) is 0 Å². The molecule has 0 aromatic rings. The van der Waals surface area contributed by atoms with E-state index in [4.69, 9.17) is 10.4 Å². The first kappa shape index (κ1) is 6.11. The van der Waals surface area contributed by atoms with Gasteiger partial charge in [-0.05, 0) is 0 Å². The van der Waals surface area contributed by atoms with Crippen LogP contribution in [0.4, 0.5) is 4.79 Å². The van der Waals surface area contributed by atoms with Crippen molar-refractivity contribution in [1.29, 1.82) is 5.26 Å². The van der Waals surface area contributed by atoms with Crippen molar-refractivity contribution < 1.29 is 9.90 Å². The van der Waals surface area contributed by atoms with Crippen LogP contribution < -0.4 is 4.72 Å². The second kappa shape index (κ2) is 3.31. The van der Waals surface area contributed by atoms with E-state index in [1.807, 2.05) is 0 Å². The van der Waals surface area contributed by atoms with Crippen molar-refractivity contribution in [2.24, 2.45) is 0 Å². The zero-order valence-corrected chi connectivity index (χ0v) is 4.03. The molecule has 0 rings (SSSR count). The van der Waals surface area contributed by atoms with Crippen LogP contribution in [0.5, 0.6) is 0 Å². The van der Waals surface area contributed by atoms with E-state index in [0.717, 1.165) is 0 Å². The fraction of sp³-hybridized carbons (Fsp3) is 0. The largest absolute Gasteiger partial charge is 0.464 e. The molecule has 1 amide bonds. The Labute approximate surface area is 44.3 Å². The Morgan fingerprint density at radius 1 is 2.00 bits per heavy atom. The van der Waals surface area contributed by atoms with Gasteiger partial charge in [0.25, 0.3) is 0 Å². The van der Waals surface area contributed by atoms with Gasteiger partial charge in [0.15, 0.2) is 5.40 Å². The maximum absolute atomic E-state index is 9.48. The standard InChI is InChI=1S/C2H2N2O2S/c3-1-7-4-2(5)6/h4H,(H,5,6). The zero-order valence-electron chi connectivity index (χ0n) is 3.21. The Morgan fingerprint density at radius 3 is 2.71 bits per heavy atom. The Balaban J connectivity index is 3.02. The van der Waals surface area contributed by atoms with Gasteiger partial charge in [0, 0.05) is 0 Å². The molecule has 0 aliphatic heterocycles. The Bertz CT molecular complexity index is 107. The summed E-state index contributed by atoms with van der Waals surface area (Å²) in [7, 11) is 0. The lowest BCUT2D eigenvalue weighted by atomic mass is 11.3. The summed E-state index contributed by atoms with van der Waals surface area (Å²) in [6.45, 7) is 0. The lowest BCUT2D eigenvalue weighted by molar-refractivity contribution is 0.202. The summed E-state index contributed by atoms with van der Waals surface area (Å²) in [5, 5.41) is 17.0. The molecule has 7 heavy (non-hydrogen) atoms. The van der Waals surface area contributed by atoms with Gasteiger partial charge in [0.05, 0.1) is 11.9 Å². The number of hydrogen-bond acceptors (Lipinski definition) is 3. The average Bonchev–Trinajstić information content (AvgIpc) is 1.61. The molecule has 0 aromatic carbocycles. The van der Waals surface area contributed by atoms with Crippen molar-refractivity contribution in [2.75, 3.05) is 0 Å². The number of thiocyanates is 1. The first-order valence-electron chi connectivity index (χ1n) is 1.31. The molecule has 0 aliphatic carbocycles. The topological polar surface area (TPSA) is 73.1 Å². The lowest BCUT2D eigenvalue weighted by Crippen LogP contribution is -2.09. The van der Waals surface area contributed by atoms with E-state index in [9.17, 15) is 4.79 Å². The summed E-state index contributed by atoms with van der Waals surface area (Å²) in [5.41, 5.74) is 0. The number of hydrogen-bond donors (Lipinski definition) is 2. The highest BCUT2D eigenvalue weighted by Crippen LogP contribution is 1.83. The smallest absolute Gasteiger partial charge is 0.415 e. The third-order valence-electron chi connectivity index (χ3n) is 0.184. The molecule has 0 fully saturated rings. The van der Waals surface area contributed by atoms with Gasteiger partial charge in [-0.25, -0.2) is 4.79 Å². The molecule has 0 heterocycles. The molecular weight excluding hydrogens is 116 g/mol. The summed E-state index contributed by atoms with van der Waals surface area (Å²) in [6, 6.07) is 0. The molecule has 38 valence electrons. The van der Waals surface area contributed by atoms with Crippen molar-refractivity contribution in [3.8, 4) is 5.40 Å². The minimum Gasteiger partial charge on any atom is -0.464 e.